The summed E-state index contributed by atoms with van der Waals surface area (Å²) in [4.78, 5) is 1.87. The fourth-order valence-electron chi connectivity index (χ4n) is 1.86. The Labute approximate surface area is 94.6 Å². The smallest absolute Gasteiger partial charge is 0.119 e. The van der Waals surface area contributed by atoms with Gasteiger partial charge in [-0.15, -0.1) is 0 Å². The highest BCUT2D eigenvalue weighted by atomic mass is 16.5. The van der Waals surface area contributed by atoms with E-state index in [1.54, 1.807) is 7.11 Å². The largest absolute Gasteiger partial charge is 0.497 e. The third-order valence-corrected chi connectivity index (χ3v) is 2.80. The van der Waals surface area contributed by atoms with Gasteiger partial charge in [0.15, 0.2) is 0 Å². The SMILES string of the molecule is COc1ccc(N2CCC(C#N)C2=N)cc1. The molecule has 0 amide bonds. The topological polar surface area (TPSA) is 60.1 Å². The molecule has 2 rings (SSSR count). The lowest BCUT2D eigenvalue weighted by molar-refractivity contribution is 0.415. The van der Waals surface area contributed by atoms with Crippen molar-refractivity contribution in [2.24, 2.45) is 5.92 Å². The maximum atomic E-state index is 8.85. The summed E-state index contributed by atoms with van der Waals surface area (Å²) in [6.45, 7) is 0.739. The minimum absolute atomic E-state index is 0.262. The monoisotopic (exact) mass is 215 g/mol. The van der Waals surface area contributed by atoms with Crippen LogP contribution in [0.3, 0.4) is 0 Å². The second kappa shape index (κ2) is 4.23. The van der Waals surface area contributed by atoms with Crippen molar-refractivity contribution in [1.82, 2.24) is 0 Å². The van der Waals surface area contributed by atoms with Crippen molar-refractivity contribution < 1.29 is 4.74 Å². The molecule has 4 nitrogen and oxygen atoms in total. The molecule has 4 heteroatoms. The fourth-order valence-corrected chi connectivity index (χ4v) is 1.86. The molecule has 1 saturated heterocycles. The van der Waals surface area contributed by atoms with Crippen molar-refractivity contribution in [2.45, 2.75) is 6.42 Å². The van der Waals surface area contributed by atoms with E-state index in [-0.39, 0.29) is 5.92 Å². The first-order valence-electron chi connectivity index (χ1n) is 5.16. The lowest BCUT2D eigenvalue weighted by Crippen LogP contribution is -2.25. The molecule has 0 spiro atoms. The number of amidine groups is 1. The number of benzene rings is 1. The third-order valence-electron chi connectivity index (χ3n) is 2.80. The lowest BCUT2D eigenvalue weighted by Gasteiger charge is -2.18. The summed E-state index contributed by atoms with van der Waals surface area (Å²) in [6.07, 6.45) is 0.737. The number of nitrogens with zero attached hydrogens (tertiary/aromatic N) is 2. The first kappa shape index (κ1) is 10.5. The average Bonchev–Trinajstić information content (AvgIpc) is 2.70. The van der Waals surface area contributed by atoms with Crippen molar-refractivity contribution in [3.63, 3.8) is 0 Å². The van der Waals surface area contributed by atoms with Crippen molar-refractivity contribution in [3.8, 4) is 11.8 Å². The summed E-state index contributed by atoms with van der Waals surface area (Å²) in [5, 5.41) is 16.7. The Morgan fingerprint density at radius 3 is 2.62 bits per heavy atom. The van der Waals surface area contributed by atoms with Crippen LogP contribution in [-0.2, 0) is 0 Å². The zero-order chi connectivity index (χ0) is 11.5. The number of ether oxygens (including phenoxy) is 1. The quantitative estimate of drug-likeness (QED) is 0.821. The van der Waals surface area contributed by atoms with E-state index in [0.29, 0.717) is 5.84 Å². The standard InChI is InChI=1S/C12H13N3O/c1-16-11-4-2-10(3-5-11)15-7-6-9(8-13)12(15)14/h2-5,9,14H,6-7H2,1H3. The van der Waals surface area contributed by atoms with E-state index in [4.69, 9.17) is 15.4 Å². The molecule has 0 bridgehead atoms. The summed E-state index contributed by atoms with van der Waals surface area (Å²) in [6, 6.07) is 9.69. The Hall–Kier alpha value is -2.02. The van der Waals surface area contributed by atoms with Crippen molar-refractivity contribution >= 4 is 11.5 Å². The second-order valence-corrected chi connectivity index (χ2v) is 3.71. The lowest BCUT2D eigenvalue weighted by atomic mass is 10.1. The molecule has 1 atom stereocenters. The molecular formula is C12H13N3O. The number of rotatable bonds is 2. The summed E-state index contributed by atoms with van der Waals surface area (Å²) in [7, 11) is 1.62. The molecule has 1 unspecified atom stereocenters. The highest BCUT2D eigenvalue weighted by molar-refractivity contribution is 6.00. The minimum Gasteiger partial charge on any atom is -0.497 e. The molecule has 1 aromatic rings. The van der Waals surface area contributed by atoms with Crippen molar-refractivity contribution in [2.75, 3.05) is 18.6 Å². The normalized spacial score (nSPS) is 19.6. The van der Waals surface area contributed by atoms with Crippen LogP contribution in [0.15, 0.2) is 24.3 Å². The van der Waals surface area contributed by atoms with E-state index in [2.05, 4.69) is 6.07 Å². The number of anilines is 1. The van der Waals surface area contributed by atoms with Crippen LogP contribution in [0, 0.1) is 22.7 Å². The van der Waals surface area contributed by atoms with E-state index in [1.165, 1.54) is 0 Å². The van der Waals surface area contributed by atoms with Gasteiger partial charge in [0.05, 0.1) is 13.2 Å². The molecule has 1 fully saturated rings. The summed E-state index contributed by atoms with van der Waals surface area (Å²) in [5.41, 5.74) is 0.948. The van der Waals surface area contributed by atoms with Gasteiger partial charge < -0.3 is 9.64 Å². The van der Waals surface area contributed by atoms with Crippen molar-refractivity contribution in [3.05, 3.63) is 24.3 Å². The van der Waals surface area contributed by atoms with Crippen LogP contribution in [0.1, 0.15) is 6.42 Å². The first-order chi connectivity index (χ1) is 7.76. The van der Waals surface area contributed by atoms with Crippen molar-refractivity contribution in [1.29, 1.82) is 10.7 Å². The number of methoxy groups -OCH3 is 1. The van der Waals surface area contributed by atoms with Crippen LogP contribution in [0.25, 0.3) is 0 Å². The van der Waals surface area contributed by atoms with Crippen LogP contribution in [0.4, 0.5) is 5.69 Å². The Kier molecular flexibility index (Phi) is 2.78. The van der Waals surface area contributed by atoms with Crippen LogP contribution >= 0.6 is 0 Å². The van der Waals surface area contributed by atoms with Gasteiger partial charge in [-0.25, -0.2) is 0 Å². The number of hydrogen-bond acceptors (Lipinski definition) is 3. The zero-order valence-electron chi connectivity index (χ0n) is 9.10. The van der Waals surface area contributed by atoms with E-state index in [0.717, 1.165) is 24.4 Å². The third kappa shape index (κ3) is 1.72. The van der Waals surface area contributed by atoms with Gasteiger partial charge in [0, 0.05) is 12.2 Å². The highest BCUT2D eigenvalue weighted by Crippen LogP contribution is 2.26. The van der Waals surface area contributed by atoms with Gasteiger partial charge in [-0.05, 0) is 30.7 Å². The van der Waals surface area contributed by atoms with Gasteiger partial charge in [0.25, 0.3) is 0 Å². The van der Waals surface area contributed by atoms with Crippen LogP contribution in [0.5, 0.6) is 5.75 Å². The molecule has 1 N–H and O–H groups in total. The molecule has 1 aromatic carbocycles. The van der Waals surface area contributed by atoms with Crippen LogP contribution in [0.2, 0.25) is 0 Å². The minimum atomic E-state index is -0.262. The molecular weight excluding hydrogens is 202 g/mol. The van der Waals surface area contributed by atoms with Gasteiger partial charge in [-0.3, -0.25) is 5.41 Å². The van der Waals surface area contributed by atoms with E-state index in [9.17, 15) is 0 Å². The molecule has 1 aliphatic rings. The number of hydrogen-bond donors (Lipinski definition) is 1. The Morgan fingerprint density at radius 2 is 2.12 bits per heavy atom. The predicted molar refractivity (Wildman–Crippen MR) is 61.8 cm³/mol. The van der Waals surface area contributed by atoms with E-state index >= 15 is 0 Å². The van der Waals surface area contributed by atoms with Gasteiger partial charge >= 0.3 is 0 Å². The number of nitrogens with one attached hydrogen (secondary N) is 1. The maximum Gasteiger partial charge on any atom is 0.119 e. The van der Waals surface area contributed by atoms with Crippen LogP contribution in [-0.4, -0.2) is 19.5 Å². The average molecular weight is 215 g/mol. The molecule has 0 saturated carbocycles. The van der Waals surface area contributed by atoms with Gasteiger partial charge in [-0.2, -0.15) is 5.26 Å². The van der Waals surface area contributed by atoms with Gasteiger partial charge in [0.1, 0.15) is 17.5 Å². The fraction of sp³-hybridized carbons (Fsp3) is 0.333. The summed E-state index contributed by atoms with van der Waals surface area (Å²) < 4.78 is 5.08. The Bertz CT molecular complexity index is 433. The Balaban J connectivity index is 2.20. The summed E-state index contributed by atoms with van der Waals surface area (Å²) >= 11 is 0. The molecule has 0 aromatic heterocycles. The molecule has 1 heterocycles. The zero-order valence-corrected chi connectivity index (χ0v) is 9.10. The van der Waals surface area contributed by atoms with Gasteiger partial charge in [0.2, 0.25) is 0 Å². The van der Waals surface area contributed by atoms with Crippen LogP contribution < -0.4 is 9.64 Å². The molecule has 1 aliphatic heterocycles. The molecule has 82 valence electrons. The predicted octanol–water partition coefficient (Wildman–Crippen LogP) is 2.02. The summed E-state index contributed by atoms with van der Waals surface area (Å²) in [5.74, 6) is 0.932. The van der Waals surface area contributed by atoms with E-state index < -0.39 is 0 Å². The molecule has 16 heavy (non-hydrogen) atoms. The maximum absolute atomic E-state index is 8.85. The molecule has 0 radical (unpaired) electrons. The number of nitriles is 1. The van der Waals surface area contributed by atoms with Gasteiger partial charge in [-0.1, -0.05) is 0 Å². The Morgan fingerprint density at radius 1 is 1.44 bits per heavy atom. The molecule has 0 aliphatic carbocycles. The second-order valence-electron chi connectivity index (χ2n) is 3.71. The first-order valence-corrected chi connectivity index (χ1v) is 5.16. The van der Waals surface area contributed by atoms with E-state index in [1.807, 2.05) is 29.2 Å². The highest BCUT2D eigenvalue weighted by Gasteiger charge is 2.28.